The highest BCUT2D eigenvalue weighted by Crippen LogP contribution is 2.26. The summed E-state index contributed by atoms with van der Waals surface area (Å²) in [7, 11) is 0. The second-order valence-electron chi connectivity index (χ2n) is 8.30. The van der Waals surface area contributed by atoms with Gasteiger partial charge in [-0.15, -0.1) is 0 Å². The first-order valence-electron chi connectivity index (χ1n) is 10.6. The molecular weight excluding hydrogens is 374 g/mol. The maximum atomic E-state index is 12.3. The highest BCUT2D eigenvalue weighted by molar-refractivity contribution is 5.92. The monoisotopic (exact) mass is 403 g/mol. The van der Waals surface area contributed by atoms with Gasteiger partial charge in [0, 0.05) is 18.6 Å². The van der Waals surface area contributed by atoms with Crippen molar-refractivity contribution in [3.8, 4) is 0 Å². The third kappa shape index (κ3) is 4.97. The predicted octanol–water partition coefficient (Wildman–Crippen LogP) is 4.95. The van der Waals surface area contributed by atoms with Gasteiger partial charge < -0.3 is 9.73 Å². The van der Waals surface area contributed by atoms with E-state index in [1.165, 1.54) is 28.5 Å². The molecule has 1 aliphatic carbocycles. The zero-order valence-electron chi connectivity index (χ0n) is 17.9. The third-order valence-corrected chi connectivity index (χ3v) is 5.74. The zero-order chi connectivity index (χ0) is 21.1. The minimum atomic E-state index is -0.148. The van der Waals surface area contributed by atoms with E-state index in [9.17, 15) is 4.79 Å². The number of nitrogens with zero attached hydrogens (tertiary/aromatic N) is 2. The SMILES string of the molecule is Cc1ccc(C)c(CN(Cc2nc(C(=O)NC3CC3)co2)C(C)c2ccccc2)c1. The standard InChI is InChI=1S/C25H29N3O2/c1-17-9-10-18(2)21(13-17)14-28(19(3)20-7-5-4-6-8-20)15-24-27-23(16-30-24)25(29)26-22-11-12-22/h4-10,13,16,19,22H,11-12,14-15H2,1-3H3,(H,26,29). The number of nitrogens with one attached hydrogen (secondary N) is 1. The molecule has 1 N–H and O–H groups in total. The Morgan fingerprint density at radius 1 is 1.17 bits per heavy atom. The Morgan fingerprint density at radius 3 is 2.67 bits per heavy atom. The quantitative estimate of drug-likeness (QED) is 0.578. The fraction of sp³-hybridized carbons (Fsp3) is 0.360. The molecule has 30 heavy (non-hydrogen) atoms. The molecule has 156 valence electrons. The van der Waals surface area contributed by atoms with Crippen LogP contribution >= 0.6 is 0 Å². The van der Waals surface area contributed by atoms with Gasteiger partial charge in [-0.2, -0.15) is 0 Å². The van der Waals surface area contributed by atoms with Crippen molar-refractivity contribution < 1.29 is 9.21 Å². The van der Waals surface area contributed by atoms with E-state index in [4.69, 9.17) is 4.42 Å². The van der Waals surface area contributed by atoms with Crippen molar-refractivity contribution in [3.05, 3.63) is 88.6 Å². The van der Waals surface area contributed by atoms with Crippen molar-refractivity contribution in [2.24, 2.45) is 0 Å². The number of carbonyl (C=O) groups is 1. The fourth-order valence-corrected chi connectivity index (χ4v) is 3.61. The van der Waals surface area contributed by atoms with E-state index in [0.29, 0.717) is 24.2 Å². The maximum Gasteiger partial charge on any atom is 0.273 e. The molecule has 1 aliphatic rings. The van der Waals surface area contributed by atoms with E-state index in [-0.39, 0.29) is 11.9 Å². The van der Waals surface area contributed by atoms with Crippen LogP contribution in [0.2, 0.25) is 0 Å². The molecule has 4 rings (SSSR count). The minimum absolute atomic E-state index is 0.148. The summed E-state index contributed by atoms with van der Waals surface area (Å²) in [6.45, 7) is 7.76. The molecule has 1 heterocycles. The molecule has 1 amide bonds. The van der Waals surface area contributed by atoms with Crippen LogP contribution < -0.4 is 5.32 Å². The summed E-state index contributed by atoms with van der Waals surface area (Å²) in [5.74, 6) is 0.411. The summed E-state index contributed by atoms with van der Waals surface area (Å²) in [6.07, 6.45) is 3.57. The first kappa shape index (κ1) is 20.4. The summed E-state index contributed by atoms with van der Waals surface area (Å²) < 4.78 is 5.68. The summed E-state index contributed by atoms with van der Waals surface area (Å²) in [5, 5.41) is 2.96. The molecule has 0 saturated heterocycles. The van der Waals surface area contributed by atoms with Gasteiger partial charge in [0.25, 0.3) is 5.91 Å². The summed E-state index contributed by atoms with van der Waals surface area (Å²) in [5.41, 5.74) is 5.40. The van der Waals surface area contributed by atoms with Crippen molar-refractivity contribution in [2.75, 3.05) is 0 Å². The van der Waals surface area contributed by atoms with Gasteiger partial charge in [0.2, 0.25) is 5.89 Å². The lowest BCUT2D eigenvalue weighted by Gasteiger charge is -2.29. The molecule has 1 saturated carbocycles. The van der Waals surface area contributed by atoms with Crippen LogP contribution in [0.5, 0.6) is 0 Å². The maximum absolute atomic E-state index is 12.3. The van der Waals surface area contributed by atoms with Crippen LogP contribution in [0, 0.1) is 13.8 Å². The highest BCUT2D eigenvalue weighted by atomic mass is 16.3. The lowest BCUT2D eigenvalue weighted by molar-refractivity contribution is 0.0946. The number of aromatic nitrogens is 1. The second-order valence-corrected chi connectivity index (χ2v) is 8.30. The lowest BCUT2D eigenvalue weighted by Crippen LogP contribution is -2.27. The number of aryl methyl sites for hydroxylation is 2. The molecule has 0 aliphatic heterocycles. The zero-order valence-corrected chi connectivity index (χ0v) is 17.9. The van der Waals surface area contributed by atoms with Crippen molar-refractivity contribution in [2.45, 2.75) is 58.8 Å². The first-order chi connectivity index (χ1) is 14.5. The molecule has 5 heteroatoms. The van der Waals surface area contributed by atoms with E-state index in [2.05, 4.69) is 78.4 Å². The van der Waals surface area contributed by atoms with Crippen LogP contribution in [0.25, 0.3) is 0 Å². The largest absolute Gasteiger partial charge is 0.447 e. The number of rotatable bonds is 8. The van der Waals surface area contributed by atoms with Gasteiger partial charge in [-0.3, -0.25) is 9.69 Å². The molecule has 0 spiro atoms. The molecule has 0 radical (unpaired) electrons. The Morgan fingerprint density at radius 2 is 1.93 bits per heavy atom. The smallest absolute Gasteiger partial charge is 0.273 e. The summed E-state index contributed by atoms with van der Waals surface area (Å²) in [4.78, 5) is 19.1. The Labute approximate surface area is 178 Å². The van der Waals surface area contributed by atoms with Gasteiger partial charge in [-0.05, 0) is 50.3 Å². The Bertz CT molecular complexity index is 1010. The molecule has 1 fully saturated rings. The van der Waals surface area contributed by atoms with E-state index >= 15 is 0 Å². The van der Waals surface area contributed by atoms with Crippen LogP contribution in [0.3, 0.4) is 0 Å². The lowest BCUT2D eigenvalue weighted by atomic mass is 10.0. The number of hydrogen-bond acceptors (Lipinski definition) is 4. The third-order valence-electron chi connectivity index (χ3n) is 5.74. The Balaban J connectivity index is 1.56. The Hall–Kier alpha value is -2.92. The Kier molecular flexibility index (Phi) is 6.00. The van der Waals surface area contributed by atoms with E-state index < -0.39 is 0 Å². The van der Waals surface area contributed by atoms with Gasteiger partial charge in [-0.1, -0.05) is 54.1 Å². The second kappa shape index (κ2) is 8.84. The van der Waals surface area contributed by atoms with Crippen LogP contribution in [-0.2, 0) is 13.1 Å². The molecular formula is C25H29N3O2. The number of amides is 1. The first-order valence-corrected chi connectivity index (χ1v) is 10.6. The highest BCUT2D eigenvalue weighted by Gasteiger charge is 2.26. The number of oxazole rings is 1. The average Bonchev–Trinajstić information content (AvgIpc) is 3.44. The van der Waals surface area contributed by atoms with E-state index in [1.807, 2.05) is 6.07 Å². The summed E-state index contributed by atoms with van der Waals surface area (Å²) in [6, 6.07) is 17.5. The molecule has 1 aromatic heterocycles. The van der Waals surface area contributed by atoms with Crippen LogP contribution in [0.1, 0.15) is 64.4 Å². The van der Waals surface area contributed by atoms with Crippen LogP contribution in [0.15, 0.2) is 59.2 Å². The summed E-state index contributed by atoms with van der Waals surface area (Å²) >= 11 is 0. The molecule has 5 nitrogen and oxygen atoms in total. The van der Waals surface area contributed by atoms with Crippen LogP contribution in [-0.4, -0.2) is 21.8 Å². The van der Waals surface area contributed by atoms with Crippen LogP contribution in [0.4, 0.5) is 0 Å². The molecule has 1 unspecified atom stereocenters. The number of hydrogen-bond donors (Lipinski definition) is 1. The fourth-order valence-electron chi connectivity index (χ4n) is 3.61. The van der Waals surface area contributed by atoms with Crippen molar-refractivity contribution in [1.29, 1.82) is 0 Å². The number of benzene rings is 2. The molecule has 1 atom stereocenters. The van der Waals surface area contributed by atoms with Gasteiger partial charge >= 0.3 is 0 Å². The molecule has 2 aromatic carbocycles. The topological polar surface area (TPSA) is 58.4 Å². The normalized spacial score (nSPS) is 14.7. The number of carbonyl (C=O) groups excluding carboxylic acids is 1. The van der Waals surface area contributed by atoms with E-state index in [0.717, 1.165) is 19.4 Å². The van der Waals surface area contributed by atoms with Crippen molar-refractivity contribution in [1.82, 2.24) is 15.2 Å². The predicted molar refractivity (Wildman–Crippen MR) is 117 cm³/mol. The van der Waals surface area contributed by atoms with Gasteiger partial charge in [0.05, 0.1) is 6.54 Å². The van der Waals surface area contributed by atoms with Gasteiger partial charge in [0.1, 0.15) is 6.26 Å². The molecule has 0 bridgehead atoms. The van der Waals surface area contributed by atoms with Gasteiger partial charge in [0.15, 0.2) is 5.69 Å². The van der Waals surface area contributed by atoms with Gasteiger partial charge in [-0.25, -0.2) is 4.98 Å². The average molecular weight is 404 g/mol. The van der Waals surface area contributed by atoms with Crippen molar-refractivity contribution >= 4 is 5.91 Å². The van der Waals surface area contributed by atoms with E-state index in [1.54, 1.807) is 0 Å². The van der Waals surface area contributed by atoms with Crippen molar-refractivity contribution in [3.63, 3.8) is 0 Å². The minimum Gasteiger partial charge on any atom is -0.447 e. The molecule has 3 aromatic rings.